The Bertz CT molecular complexity index is 1370. The summed E-state index contributed by atoms with van der Waals surface area (Å²) in [5.74, 6) is -0.873. The molecular weight excluding hydrogens is 590 g/mol. The third-order valence-corrected chi connectivity index (χ3v) is 7.97. The quantitative estimate of drug-likeness (QED) is 0.326. The molecule has 0 saturated carbocycles. The van der Waals surface area contributed by atoms with E-state index >= 15 is 0 Å². The maximum absolute atomic E-state index is 14.0. The monoisotopic (exact) mass is 619 g/mol. The smallest absolute Gasteiger partial charge is 0.244 e. The van der Waals surface area contributed by atoms with Crippen LogP contribution in [0.4, 0.5) is 5.69 Å². The normalized spacial score (nSPS) is 12.2. The van der Waals surface area contributed by atoms with E-state index in [0.717, 1.165) is 16.1 Å². The average molecular weight is 621 g/mol. The number of hydrogen-bond acceptors (Lipinski definition) is 4. The molecule has 0 unspecified atom stereocenters. The van der Waals surface area contributed by atoms with Crippen LogP contribution in [-0.2, 0) is 32.6 Å². The van der Waals surface area contributed by atoms with Gasteiger partial charge in [-0.2, -0.15) is 0 Å². The van der Waals surface area contributed by atoms with Gasteiger partial charge < -0.3 is 10.2 Å². The van der Waals surface area contributed by atoms with E-state index in [4.69, 9.17) is 11.6 Å². The highest BCUT2D eigenvalue weighted by atomic mass is 79.9. The van der Waals surface area contributed by atoms with Gasteiger partial charge in [-0.15, -0.1) is 0 Å². The van der Waals surface area contributed by atoms with E-state index in [1.54, 1.807) is 48.5 Å². The molecule has 0 aliphatic heterocycles. The summed E-state index contributed by atoms with van der Waals surface area (Å²) in [5, 5.41) is 3.36. The maximum atomic E-state index is 14.0. The lowest BCUT2D eigenvalue weighted by atomic mass is 10.0. The Balaban J connectivity index is 2.08. The molecule has 0 radical (unpaired) electrons. The number of carbonyl (C=O) groups excluding carboxylic acids is 2. The number of benzene rings is 3. The Kier molecular flexibility index (Phi) is 10.4. The van der Waals surface area contributed by atoms with Gasteiger partial charge in [-0.25, -0.2) is 8.42 Å². The van der Waals surface area contributed by atoms with Gasteiger partial charge in [-0.1, -0.05) is 72.3 Å². The zero-order valence-corrected chi connectivity index (χ0v) is 24.6. The minimum absolute atomic E-state index is 0.0229. The van der Waals surface area contributed by atoms with Crippen LogP contribution in [0.2, 0.25) is 5.02 Å². The predicted molar refractivity (Wildman–Crippen MR) is 156 cm³/mol. The number of para-hydroxylation sites is 1. The number of nitrogens with one attached hydrogen (secondary N) is 1. The van der Waals surface area contributed by atoms with Gasteiger partial charge in [-0.05, 0) is 59.1 Å². The Morgan fingerprint density at radius 3 is 2.16 bits per heavy atom. The van der Waals surface area contributed by atoms with Gasteiger partial charge in [0.15, 0.2) is 0 Å². The van der Waals surface area contributed by atoms with Crippen molar-refractivity contribution in [1.82, 2.24) is 10.2 Å². The van der Waals surface area contributed by atoms with Gasteiger partial charge in [-0.3, -0.25) is 13.9 Å². The lowest BCUT2D eigenvalue weighted by Gasteiger charge is -2.34. The molecule has 0 saturated heterocycles. The highest BCUT2D eigenvalue weighted by Crippen LogP contribution is 2.28. The first kappa shape index (κ1) is 29.7. The molecule has 3 aromatic carbocycles. The lowest BCUT2D eigenvalue weighted by molar-refractivity contribution is -0.140. The van der Waals surface area contributed by atoms with E-state index in [1.165, 1.54) is 4.90 Å². The summed E-state index contributed by atoms with van der Waals surface area (Å²) in [6.07, 6.45) is 1.29. The molecule has 10 heteroatoms. The molecule has 0 aliphatic carbocycles. The molecule has 1 N–H and O–H groups in total. The number of sulfonamides is 1. The molecule has 3 aromatic rings. The molecule has 0 heterocycles. The van der Waals surface area contributed by atoms with Gasteiger partial charge in [0.25, 0.3) is 0 Å². The van der Waals surface area contributed by atoms with Crippen LogP contribution in [0.1, 0.15) is 25.0 Å². The van der Waals surface area contributed by atoms with Crippen molar-refractivity contribution in [3.8, 4) is 0 Å². The number of carbonyl (C=O) groups is 2. The number of halogens is 2. The van der Waals surface area contributed by atoms with Crippen molar-refractivity contribution in [2.75, 3.05) is 17.1 Å². The van der Waals surface area contributed by atoms with E-state index < -0.39 is 28.5 Å². The zero-order chi connectivity index (χ0) is 27.9. The predicted octanol–water partition coefficient (Wildman–Crippen LogP) is 5.03. The number of anilines is 1. The first-order valence-electron chi connectivity index (χ1n) is 12.1. The fraction of sp³-hybridized carbons (Fsp3) is 0.286. The summed E-state index contributed by atoms with van der Waals surface area (Å²) < 4.78 is 27.2. The standard InChI is InChI=1S/C28H31BrClN3O4S/c1-20(2)31-28(35)26(17-21-11-5-4-6-12-21)32(18-22-13-7-9-15-24(22)30)27(34)19-33(38(3,36)37)25-16-10-8-14-23(25)29/h4-16,20,26H,17-19H2,1-3H3,(H,31,35)/t26-/m1/s1. The number of amides is 2. The van der Waals surface area contributed by atoms with E-state index in [-0.39, 0.29) is 24.9 Å². The Morgan fingerprint density at radius 1 is 0.947 bits per heavy atom. The number of nitrogens with zero attached hydrogens (tertiary/aromatic N) is 2. The van der Waals surface area contributed by atoms with Crippen molar-refractivity contribution in [3.63, 3.8) is 0 Å². The molecule has 202 valence electrons. The topological polar surface area (TPSA) is 86.8 Å². The molecule has 3 rings (SSSR count). The van der Waals surface area contributed by atoms with Crippen molar-refractivity contribution in [2.45, 2.75) is 38.9 Å². The second kappa shape index (κ2) is 13.3. The molecule has 0 bridgehead atoms. The summed E-state index contributed by atoms with van der Waals surface area (Å²) in [6.45, 7) is 3.22. The fourth-order valence-electron chi connectivity index (χ4n) is 3.99. The van der Waals surface area contributed by atoms with Crippen LogP contribution in [-0.4, -0.2) is 50.0 Å². The second-order valence-corrected chi connectivity index (χ2v) is 12.4. The molecule has 2 amide bonds. The third-order valence-electron chi connectivity index (χ3n) is 5.80. The van der Waals surface area contributed by atoms with Crippen LogP contribution in [0.25, 0.3) is 0 Å². The van der Waals surface area contributed by atoms with Crippen LogP contribution >= 0.6 is 27.5 Å². The van der Waals surface area contributed by atoms with Crippen LogP contribution in [0.5, 0.6) is 0 Å². The Morgan fingerprint density at radius 2 is 1.55 bits per heavy atom. The lowest BCUT2D eigenvalue weighted by Crippen LogP contribution is -2.54. The van der Waals surface area contributed by atoms with E-state index in [1.807, 2.05) is 44.2 Å². The van der Waals surface area contributed by atoms with Gasteiger partial charge in [0.2, 0.25) is 21.8 Å². The minimum atomic E-state index is -3.84. The Labute approximate surface area is 238 Å². The van der Waals surface area contributed by atoms with Crippen molar-refractivity contribution in [3.05, 3.63) is 99.5 Å². The van der Waals surface area contributed by atoms with Gasteiger partial charge in [0.1, 0.15) is 12.6 Å². The molecule has 1 atom stereocenters. The molecule has 0 spiro atoms. The summed E-state index contributed by atoms with van der Waals surface area (Å²) in [6, 6.07) is 22.1. The second-order valence-electron chi connectivity index (χ2n) is 9.20. The van der Waals surface area contributed by atoms with Gasteiger partial charge in [0.05, 0.1) is 11.9 Å². The Hall–Kier alpha value is -2.88. The van der Waals surface area contributed by atoms with Crippen LogP contribution in [0.15, 0.2) is 83.3 Å². The number of rotatable bonds is 11. The van der Waals surface area contributed by atoms with E-state index in [9.17, 15) is 18.0 Å². The summed E-state index contributed by atoms with van der Waals surface area (Å²) >= 11 is 9.84. The number of hydrogen-bond donors (Lipinski definition) is 1. The third kappa shape index (κ3) is 8.06. The first-order chi connectivity index (χ1) is 18.0. The fourth-order valence-corrected chi connectivity index (χ4v) is 5.67. The van der Waals surface area contributed by atoms with E-state index in [2.05, 4.69) is 21.2 Å². The molecule has 38 heavy (non-hydrogen) atoms. The van der Waals surface area contributed by atoms with Crippen LogP contribution in [0.3, 0.4) is 0 Å². The van der Waals surface area contributed by atoms with Crippen molar-refractivity contribution < 1.29 is 18.0 Å². The van der Waals surface area contributed by atoms with Gasteiger partial charge >= 0.3 is 0 Å². The van der Waals surface area contributed by atoms with Crippen molar-refractivity contribution >= 4 is 55.1 Å². The highest BCUT2D eigenvalue weighted by molar-refractivity contribution is 9.10. The van der Waals surface area contributed by atoms with E-state index in [0.29, 0.717) is 20.7 Å². The SMILES string of the molecule is CC(C)NC(=O)[C@@H](Cc1ccccc1)N(Cc1ccccc1Cl)C(=O)CN(c1ccccc1Br)S(C)(=O)=O. The summed E-state index contributed by atoms with van der Waals surface area (Å²) in [5.41, 5.74) is 1.83. The largest absolute Gasteiger partial charge is 0.352 e. The van der Waals surface area contributed by atoms with Crippen molar-refractivity contribution in [2.24, 2.45) is 0 Å². The molecular formula is C28H31BrClN3O4S. The average Bonchev–Trinajstić information content (AvgIpc) is 2.85. The minimum Gasteiger partial charge on any atom is -0.352 e. The van der Waals surface area contributed by atoms with Crippen LogP contribution < -0.4 is 9.62 Å². The first-order valence-corrected chi connectivity index (χ1v) is 15.1. The maximum Gasteiger partial charge on any atom is 0.244 e. The molecule has 0 aliphatic rings. The molecule has 0 fully saturated rings. The van der Waals surface area contributed by atoms with Crippen molar-refractivity contribution in [1.29, 1.82) is 0 Å². The molecule has 7 nitrogen and oxygen atoms in total. The summed E-state index contributed by atoms with van der Waals surface area (Å²) in [7, 11) is -3.84. The van der Waals surface area contributed by atoms with Crippen LogP contribution in [0, 0.1) is 0 Å². The highest BCUT2D eigenvalue weighted by Gasteiger charge is 2.33. The molecule has 0 aromatic heterocycles. The zero-order valence-electron chi connectivity index (χ0n) is 21.5. The van der Waals surface area contributed by atoms with Gasteiger partial charge in [0, 0.05) is 28.5 Å². The summed E-state index contributed by atoms with van der Waals surface area (Å²) in [4.78, 5) is 28.9.